The summed E-state index contributed by atoms with van der Waals surface area (Å²) in [6.07, 6.45) is 6.61. The molecule has 0 aliphatic rings. The third kappa shape index (κ3) is 11.3. The van der Waals surface area contributed by atoms with Crippen LogP contribution < -0.4 is 0 Å². The molecule has 0 saturated heterocycles. The molecule has 0 bridgehead atoms. The molecule has 0 atom stereocenters. The Balaban J connectivity index is 0.00000242. The number of allylic oxidation sites excluding steroid dienone is 4. The van der Waals surface area contributed by atoms with Gasteiger partial charge in [-0.1, -0.05) is 110 Å². The van der Waals surface area contributed by atoms with Crippen molar-refractivity contribution in [3.63, 3.8) is 0 Å². The Morgan fingerprint density at radius 3 is 1.46 bits per heavy atom. The Kier molecular flexibility index (Phi) is 16.0. The summed E-state index contributed by atoms with van der Waals surface area (Å²) in [5.74, 6) is 1.62. The Morgan fingerprint density at radius 1 is 0.744 bits per heavy atom. The van der Waals surface area contributed by atoms with Gasteiger partial charge in [-0.25, -0.2) is 0 Å². The summed E-state index contributed by atoms with van der Waals surface area (Å²) in [5, 5.41) is 0. The molecule has 0 aromatic heterocycles. The molecule has 0 aliphatic carbocycles. The summed E-state index contributed by atoms with van der Waals surface area (Å²) in [4.78, 5) is 9.96. The topological polar surface area (TPSA) is 48.5 Å². The fourth-order valence-corrected chi connectivity index (χ4v) is 4.27. The molecule has 0 saturated carbocycles. The van der Waals surface area contributed by atoms with E-state index in [4.69, 9.17) is 35.9 Å². The SMILES string of the molecule is CC(C/C=C\C=C(/[NH-])C(C)=Nc1c(C(C)C)cccc1C(C)C)=Nc1c(C(C)C)cccc1C(C)C.[Cl][Fe+][Cl]. The van der Waals surface area contributed by atoms with E-state index in [0.717, 1.165) is 29.2 Å². The van der Waals surface area contributed by atoms with Crippen LogP contribution in [0, 0.1) is 0 Å². The number of halogens is 2. The second kappa shape index (κ2) is 17.8. The minimum atomic E-state index is 0.194. The van der Waals surface area contributed by atoms with Crippen molar-refractivity contribution in [2.75, 3.05) is 0 Å². The van der Waals surface area contributed by atoms with E-state index in [-0.39, 0.29) is 13.1 Å². The van der Waals surface area contributed by atoms with Gasteiger partial charge in [-0.15, -0.1) is 5.70 Å². The predicted molar refractivity (Wildman–Crippen MR) is 173 cm³/mol. The number of para-hydroxylation sites is 2. The first kappa shape index (κ1) is 35.2. The van der Waals surface area contributed by atoms with Gasteiger partial charge in [0.15, 0.2) is 0 Å². The number of hydrogen-bond acceptors (Lipinski definition) is 2. The average molecular weight is 612 g/mol. The van der Waals surface area contributed by atoms with E-state index in [9.17, 15) is 0 Å². The zero-order valence-corrected chi connectivity index (χ0v) is 27.8. The van der Waals surface area contributed by atoms with Gasteiger partial charge < -0.3 is 5.73 Å². The van der Waals surface area contributed by atoms with Gasteiger partial charge in [-0.3, -0.25) is 9.98 Å². The molecule has 0 aliphatic heterocycles. The van der Waals surface area contributed by atoms with E-state index in [1.54, 1.807) is 0 Å². The van der Waals surface area contributed by atoms with Crippen LogP contribution in [-0.2, 0) is 13.1 Å². The molecular formula is C33H46Cl2FeN3. The van der Waals surface area contributed by atoms with E-state index < -0.39 is 0 Å². The van der Waals surface area contributed by atoms with E-state index in [1.165, 1.54) is 22.3 Å². The number of nitrogens with zero attached hydrogens (tertiary/aromatic N) is 2. The van der Waals surface area contributed by atoms with Crippen LogP contribution in [0.2, 0.25) is 0 Å². The Bertz CT molecular complexity index is 1120. The van der Waals surface area contributed by atoms with Crippen molar-refractivity contribution in [2.24, 2.45) is 9.98 Å². The van der Waals surface area contributed by atoms with Crippen LogP contribution in [0.1, 0.15) is 122 Å². The molecule has 0 amide bonds. The van der Waals surface area contributed by atoms with Crippen molar-refractivity contribution in [3.8, 4) is 0 Å². The fraction of sp³-hybridized carbons (Fsp3) is 0.455. The summed E-state index contributed by atoms with van der Waals surface area (Å²) in [5.41, 5.74) is 18.0. The quantitative estimate of drug-likeness (QED) is 0.146. The third-order valence-electron chi connectivity index (χ3n) is 6.47. The molecule has 0 heterocycles. The minimum absolute atomic E-state index is 0.194. The van der Waals surface area contributed by atoms with Crippen LogP contribution in [0.25, 0.3) is 5.73 Å². The molecule has 39 heavy (non-hydrogen) atoms. The van der Waals surface area contributed by atoms with Crippen LogP contribution in [0.15, 0.2) is 70.3 Å². The Hall–Kier alpha value is -1.84. The van der Waals surface area contributed by atoms with Gasteiger partial charge in [0, 0.05) is 17.8 Å². The predicted octanol–water partition coefficient (Wildman–Crippen LogP) is 12.3. The summed E-state index contributed by atoms with van der Waals surface area (Å²) in [6, 6.07) is 13.0. The van der Waals surface area contributed by atoms with Gasteiger partial charge in [-0.05, 0) is 59.8 Å². The zero-order valence-electron chi connectivity index (χ0n) is 25.2. The first-order chi connectivity index (χ1) is 18.3. The Morgan fingerprint density at radius 2 is 1.10 bits per heavy atom. The fourth-order valence-electron chi connectivity index (χ4n) is 4.27. The molecule has 0 unspecified atom stereocenters. The molecule has 3 nitrogen and oxygen atoms in total. The van der Waals surface area contributed by atoms with Gasteiger partial charge >= 0.3 is 33.3 Å². The van der Waals surface area contributed by atoms with Crippen LogP contribution in [0.5, 0.6) is 0 Å². The summed E-state index contributed by atoms with van der Waals surface area (Å²) in [6.45, 7) is 21.7. The number of nitrogens with one attached hydrogen (secondary N) is 1. The van der Waals surface area contributed by atoms with Crippen LogP contribution >= 0.6 is 20.2 Å². The normalized spacial score (nSPS) is 13.2. The molecule has 2 aromatic rings. The molecular weight excluding hydrogens is 565 g/mol. The zero-order chi connectivity index (χ0) is 29.7. The van der Waals surface area contributed by atoms with Crippen molar-refractivity contribution in [1.82, 2.24) is 0 Å². The second-order valence-electron chi connectivity index (χ2n) is 11.0. The van der Waals surface area contributed by atoms with E-state index >= 15 is 0 Å². The van der Waals surface area contributed by atoms with Crippen LogP contribution in [-0.4, -0.2) is 11.4 Å². The second-order valence-corrected chi connectivity index (χ2v) is 12.8. The van der Waals surface area contributed by atoms with Crippen molar-refractivity contribution < 1.29 is 13.1 Å². The van der Waals surface area contributed by atoms with Crippen molar-refractivity contribution in [2.45, 2.75) is 99.3 Å². The third-order valence-corrected chi connectivity index (χ3v) is 6.47. The number of rotatable bonds is 10. The first-order valence-electron chi connectivity index (χ1n) is 13.6. The van der Waals surface area contributed by atoms with Crippen molar-refractivity contribution in [1.29, 1.82) is 0 Å². The van der Waals surface area contributed by atoms with Crippen LogP contribution in [0.4, 0.5) is 11.4 Å². The van der Waals surface area contributed by atoms with Crippen molar-refractivity contribution in [3.05, 3.63) is 88.3 Å². The molecule has 0 spiro atoms. The summed E-state index contributed by atoms with van der Waals surface area (Å²) in [7, 11) is 9.53. The molecule has 0 radical (unpaired) electrons. The summed E-state index contributed by atoms with van der Waals surface area (Å²) >= 11 is 0.194. The monoisotopic (exact) mass is 610 g/mol. The van der Waals surface area contributed by atoms with E-state index in [1.807, 2.05) is 19.1 Å². The molecule has 1 N–H and O–H groups in total. The number of aliphatic imine (C=N–C) groups is 2. The van der Waals surface area contributed by atoms with Gasteiger partial charge in [0.2, 0.25) is 0 Å². The molecule has 2 rings (SSSR count). The van der Waals surface area contributed by atoms with E-state index in [0.29, 0.717) is 29.4 Å². The van der Waals surface area contributed by atoms with Crippen molar-refractivity contribution >= 4 is 43.0 Å². The average Bonchev–Trinajstić information content (AvgIpc) is 2.86. The van der Waals surface area contributed by atoms with E-state index in [2.05, 4.69) is 105 Å². The van der Waals surface area contributed by atoms with Gasteiger partial charge in [0.25, 0.3) is 0 Å². The van der Waals surface area contributed by atoms with Gasteiger partial charge in [0.1, 0.15) is 0 Å². The molecule has 2 aromatic carbocycles. The number of hydrogen-bond donors (Lipinski definition) is 0. The molecule has 215 valence electrons. The van der Waals surface area contributed by atoms with Crippen LogP contribution in [0.3, 0.4) is 0 Å². The molecule has 6 heteroatoms. The standard InChI is InChI=1S/C33H46N3.2ClH.Fe/c1-21(2)27-16-13-17-28(22(3)4)32(27)35-25(9)15-11-12-20-31(34)26(10)36-33-29(23(5)6)18-14-19-30(33)24(7)8;;;/h11-14,16-24,34H,15H2,1-10H3;2*1H;/q-1;;;+3/p-2/b12-11-,31-20-,35-25?,36-26?;;;. The number of benzene rings is 2. The summed E-state index contributed by atoms with van der Waals surface area (Å²) < 4.78 is 0. The van der Waals surface area contributed by atoms with Gasteiger partial charge in [0.05, 0.1) is 11.4 Å². The Labute approximate surface area is 252 Å². The first-order valence-corrected chi connectivity index (χ1v) is 16.7. The van der Waals surface area contributed by atoms with Gasteiger partial charge in [-0.2, -0.15) is 0 Å². The maximum absolute atomic E-state index is 8.55. The molecule has 0 fully saturated rings. The maximum atomic E-state index is 8.55.